The minimum Gasteiger partial charge on any atom is -0.258 e. The molecule has 1 heterocycles. The molecule has 0 bridgehead atoms. The summed E-state index contributed by atoms with van der Waals surface area (Å²) in [5, 5.41) is 18.1. The third kappa shape index (κ3) is 2.70. The van der Waals surface area contributed by atoms with Crippen LogP contribution in [-0.4, -0.2) is 19.9 Å². The number of hydrogen-bond acceptors (Lipinski definition) is 4. The number of nitro benzene ring substituents is 1. The van der Waals surface area contributed by atoms with Gasteiger partial charge in [-0.3, -0.25) is 10.1 Å². The Kier molecular flexibility index (Phi) is 3.75. The lowest BCUT2D eigenvalue weighted by Gasteiger charge is -2.01. The predicted octanol–water partition coefficient (Wildman–Crippen LogP) is 3.00. The van der Waals surface area contributed by atoms with Crippen molar-refractivity contribution in [3.63, 3.8) is 0 Å². The molecule has 8 heteroatoms. The molecular formula is C11H10ClFN4O2. The Hall–Kier alpha value is -2.02. The van der Waals surface area contributed by atoms with Crippen molar-refractivity contribution in [2.24, 2.45) is 0 Å². The van der Waals surface area contributed by atoms with E-state index in [9.17, 15) is 14.5 Å². The Morgan fingerprint density at radius 2 is 2.32 bits per heavy atom. The van der Waals surface area contributed by atoms with Crippen molar-refractivity contribution >= 4 is 17.3 Å². The molecule has 0 saturated heterocycles. The van der Waals surface area contributed by atoms with Gasteiger partial charge in [0.2, 0.25) is 5.82 Å². The van der Waals surface area contributed by atoms with Crippen molar-refractivity contribution in [1.29, 1.82) is 0 Å². The minimum absolute atomic E-state index is 0.274. The van der Waals surface area contributed by atoms with Gasteiger partial charge in [-0.15, -0.1) is 16.7 Å². The van der Waals surface area contributed by atoms with Crippen LogP contribution in [0.3, 0.4) is 0 Å². The molecule has 0 amide bonds. The first-order valence-corrected chi connectivity index (χ1v) is 5.97. The van der Waals surface area contributed by atoms with E-state index < -0.39 is 16.4 Å². The average Bonchev–Trinajstić information content (AvgIpc) is 2.87. The van der Waals surface area contributed by atoms with Crippen molar-refractivity contribution in [2.45, 2.75) is 18.7 Å². The number of rotatable bonds is 4. The van der Waals surface area contributed by atoms with Gasteiger partial charge in [0.1, 0.15) is 5.69 Å². The summed E-state index contributed by atoms with van der Waals surface area (Å²) in [5.41, 5.74) is 0.315. The molecule has 0 spiro atoms. The first kappa shape index (κ1) is 13.4. The molecule has 2 aromatic rings. The summed E-state index contributed by atoms with van der Waals surface area (Å²) in [7, 11) is 0. The van der Waals surface area contributed by atoms with Crippen LogP contribution in [0.4, 0.5) is 10.1 Å². The molecule has 0 fully saturated rings. The van der Waals surface area contributed by atoms with E-state index in [1.54, 1.807) is 6.20 Å². The quantitative estimate of drug-likeness (QED) is 0.491. The highest BCUT2D eigenvalue weighted by Crippen LogP contribution is 2.24. The third-order valence-corrected chi connectivity index (χ3v) is 3.11. The van der Waals surface area contributed by atoms with Crippen molar-refractivity contribution < 1.29 is 9.31 Å². The summed E-state index contributed by atoms with van der Waals surface area (Å²) in [6.45, 7) is 1.90. The Morgan fingerprint density at radius 1 is 1.58 bits per heavy atom. The van der Waals surface area contributed by atoms with Gasteiger partial charge in [-0.25, -0.2) is 4.68 Å². The van der Waals surface area contributed by atoms with E-state index in [4.69, 9.17) is 11.6 Å². The van der Waals surface area contributed by atoms with Crippen LogP contribution in [0.15, 0.2) is 24.4 Å². The van der Waals surface area contributed by atoms with E-state index in [0.29, 0.717) is 17.8 Å². The number of halogens is 2. The number of aromatic nitrogens is 3. The minimum atomic E-state index is -0.891. The molecule has 0 aliphatic heterocycles. The number of nitrogens with zero attached hydrogens (tertiary/aromatic N) is 4. The maximum absolute atomic E-state index is 13.2. The molecule has 1 unspecified atom stereocenters. The summed E-state index contributed by atoms with van der Waals surface area (Å²) in [6.07, 6.45) is 2.25. The molecule has 6 nitrogen and oxygen atoms in total. The predicted molar refractivity (Wildman–Crippen MR) is 66.9 cm³/mol. The van der Waals surface area contributed by atoms with Crippen LogP contribution in [0, 0.1) is 15.9 Å². The molecule has 0 radical (unpaired) electrons. The Balaban J connectivity index is 2.39. The summed E-state index contributed by atoms with van der Waals surface area (Å²) < 4.78 is 14.5. The second-order valence-electron chi connectivity index (χ2n) is 3.86. The smallest absolute Gasteiger partial charge is 0.258 e. The molecular weight excluding hydrogens is 275 g/mol. The maximum atomic E-state index is 13.2. The molecule has 2 rings (SSSR count). The summed E-state index contributed by atoms with van der Waals surface area (Å²) in [5.74, 6) is -0.891. The van der Waals surface area contributed by atoms with Gasteiger partial charge >= 0.3 is 5.69 Å². The van der Waals surface area contributed by atoms with Crippen LogP contribution < -0.4 is 0 Å². The van der Waals surface area contributed by atoms with Crippen LogP contribution in [-0.2, 0) is 0 Å². The average molecular weight is 285 g/mol. The van der Waals surface area contributed by atoms with Crippen LogP contribution in [0.25, 0.3) is 5.69 Å². The van der Waals surface area contributed by atoms with Gasteiger partial charge in [-0.05, 0) is 18.6 Å². The second-order valence-corrected chi connectivity index (χ2v) is 4.38. The molecule has 0 saturated carbocycles. The van der Waals surface area contributed by atoms with Gasteiger partial charge in [0, 0.05) is 6.07 Å². The topological polar surface area (TPSA) is 73.8 Å². The van der Waals surface area contributed by atoms with Gasteiger partial charge in [-0.1, -0.05) is 12.1 Å². The Morgan fingerprint density at radius 3 is 2.95 bits per heavy atom. The van der Waals surface area contributed by atoms with E-state index in [0.717, 1.165) is 12.1 Å². The van der Waals surface area contributed by atoms with Gasteiger partial charge in [-0.2, -0.15) is 4.39 Å². The highest BCUT2D eigenvalue weighted by atomic mass is 35.5. The molecule has 0 N–H and O–H groups in total. The standard InChI is InChI=1S/C11H10ClFN4O2/c1-2-8(12)10-6-16(15-14-10)7-3-4-9(13)11(5-7)17(18)19/h3-6,8H,2H2,1H3. The monoisotopic (exact) mass is 284 g/mol. The highest BCUT2D eigenvalue weighted by molar-refractivity contribution is 6.20. The molecule has 1 aromatic heterocycles. The van der Waals surface area contributed by atoms with Crippen molar-refractivity contribution in [1.82, 2.24) is 15.0 Å². The molecule has 19 heavy (non-hydrogen) atoms. The zero-order valence-electron chi connectivity index (χ0n) is 9.96. The lowest BCUT2D eigenvalue weighted by atomic mass is 10.2. The van der Waals surface area contributed by atoms with E-state index in [-0.39, 0.29) is 5.38 Å². The van der Waals surface area contributed by atoms with Crippen LogP contribution in [0.1, 0.15) is 24.4 Å². The van der Waals surface area contributed by atoms with Gasteiger partial charge in [0.15, 0.2) is 0 Å². The van der Waals surface area contributed by atoms with E-state index in [1.165, 1.54) is 10.7 Å². The molecule has 100 valence electrons. The summed E-state index contributed by atoms with van der Waals surface area (Å²) in [4.78, 5) is 9.88. The lowest BCUT2D eigenvalue weighted by Crippen LogP contribution is -1.98. The Bertz CT molecular complexity index is 616. The van der Waals surface area contributed by atoms with Crippen LogP contribution >= 0.6 is 11.6 Å². The van der Waals surface area contributed by atoms with E-state index in [2.05, 4.69) is 10.3 Å². The fourth-order valence-corrected chi connectivity index (χ4v) is 1.64. The number of benzene rings is 1. The summed E-state index contributed by atoms with van der Waals surface area (Å²) >= 11 is 6.01. The van der Waals surface area contributed by atoms with E-state index >= 15 is 0 Å². The number of nitro groups is 1. The normalized spacial score (nSPS) is 12.4. The molecule has 1 aromatic carbocycles. The van der Waals surface area contributed by atoms with Crippen molar-refractivity contribution in [3.05, 3.63) is 46.0 Å². The lowest BCUT2D eigenvalue weighted by molar-refractivity contribution is -0.387. The third-order valence-electron chi connectivity index (χ3n) is 2.58. The zero-order chi connectivity index (χ0) is 14.0. The van der Waals surface area contributed by atoms with Crippen LogP contribution in [0.2, 0.25) is 0 Å². The number of alkyl halides is 1. The molecule has 1 atom stereocenters. The first-order chi connectivity index (χ1) is 9.02. The van der Waals surface area contributed by atoms with Crippen molar-refractivity contribution in [2.75, 3.05) is 0 Å². The largest absolute Gasteiger partial charge is 0.306 e. The number of hydrogen-bond donors (Lipinski definition) is 0. The maximum Gasteiger partial charge on any atom is 0.306 e. The zero-order valence-corrected chi connectivity index (χ0v) is 10.7. The first-order valence-electron chi connectivity index (χ1n) is 5.53. The fourth-order valence-electron chi connectivity index (χ4n) is 1.54. The summed E-state index contributed by atoms with van der Waals surface area (Å²) in [6, 6.07) is 3.51. The van der Waals surface area contributed by atoms with Gasteiger partial charge in [0.05, 0.1) is 22.2 Å². The fraction of sp³-hybridized carbons (Fsp3) is 0.273. The SMILES string of the molecule is CCC(Cl)c1cn(-c2ccc(F)c([N+](=O)[O-])c2)nn1. The molecule has 0 aliphatic carbocycles. The Labute approximate surface area is 113 Å². The van der Waals surface area contributed by atoms with Gasteiger partial charge < -0.3 is 0 Å². The molecule has 0 aliphatic rings. The second kappa shape index (κ2) is 5.31. The van der Waals surface area contributed by atoms with E-state index in [1.807, 2.05) is 6.92 Å². The van der Waals surface area contributed by atoms with Gasteiger partial charge in [0.25, 0.3) is 0 Å². The highest BCUT2D eigenvalue weighted by Gasteiger charge is 2.16. The van der Waals surface area contributed by atoms with Crippen LogP contribution in [0.5, 0.6) is 0 Å². The van der Waals surface area contributed by atoms with Crippen molar-refractivity contribution in [3.8, 4) is 5.69 Å².